The van der Waals surface area contributed by atoms with Gasteiger partial charge in [0, 0.05) is 91.5 Å². The summed E-state index contributed by atoms with van der Waals surface area (Å²) in [5.41, 5.74) is 10.5. The van der Waals surface area contributed by atoms with Gasteiger partial charge in [-0.25, -0.2) is 0 Å². The van der Waals surface area contributed by atoms with E-state index < -0.39 is 0 Å². The molecule has 54 heavy (non-hydrogen) atoms. The zero-order valence-corrected chi connectivity index (χ0v) is 31.3. The molecule has 1 aliphatic heterocycles. The Morgan fingerprint density at radius 1 is 0.444 bits per heavy atom. The molecule has 0 amide bonds. The molecule has 0 fully saturated rings. The number of hydrogen-bond acceptors (Lipinski definition) is 5. The number of ether oxygens (including phenoxy) is 1. The molecule has 0 atom stereocenters. The number of pyridine rings is 2. The number of benzene rings is 6. The zero-order chi connectivity index (χ0) is 36.0. The van der Waals surface area contributed by atoms with E-state index in [2.05, 4.69) is 159 Å². The van der Waals surface area contributed by atoms with Crippen LogP contribution in [0.1, 0.15) is 25.0 Å². The van der Waals surface area contributed by atoms with E-state index in [-0.39, 0.29) is 5.41 Å². The molecule has 6 aromatic carbocycles. The van der Waals surface area contributed by atoms with Crippen LogP contribution in [0.5, 0.6) is 11.5 Å². The van der Waals surface area contributed by atoms with Crippen LogP contribution in [0.15, 0.2) is 158 Å². The molecule has 0 aliphatic carbocycles. The molecule has 0 radical (unpaired) electrons. The summed E-state index contributed by atoms with van der Waals surface area (Å²) in [6, 6.07) is 52.1. The van der Waals surface area contributed by atoms with Crippen molar-refractivity contribution < 1.29 is 4.74 Å². The van der Waals surface area contributed by atoms with Crippen LogP contribution in [0.2, 0.25) is 0 Å². The van der Waals surface area contributed by atoms with E-state index in [1.165, 1.54) is 51.5 Å². The van der Waals surface area contributed by atoms with Gasteiger partial charge in [-0.15, -0.1) is 22.7 Å². The van der Waals surface area contributed by atoms with E-state index >= 15 is 0 Å². The average Bonchev–Trinajstić information content (AvgIpc) is 3.79. The van der Waals surface area contributed by atoms with Crippen molar-refractivity contribution in [3.8, 4) is 56.3 Å². The van der Waals surface area contributed by atoms with Gasteiger partial charge in [0.25, 0.3) is 0 Å². The third-order valence-electron chi connectivity index (χ3n) is 11.1. The standard InChI is InChI=1S/C49H32N2OS2/c1-49(2)39-19-9-13-31(29-23-25-50-41(27-29)37-17-7-15-35-33-11-3-5-21-43(33)53-47(35)37)45(39)52-46-32(14-10-20-40(46)49)30-24-26-51-42(28-30)38-18-8-16-36-34-12-4-6-22-44(34)54-48(36)38/h3-28H,1-2H3. The molecule has 4 aromatic heterocycles. The third kappa shape index (κ3) is 4.72. The molecule has 10 aromatic rings. The Morgan fingerprint density at radius 2 is 0.870 bits per heavy atom. The van der Waals surface area contributed by atoms with Crippen LogP contribution < -0.4 is 4.74 Å². The fourth-order valence-electron chi connectivity index (χ4n) is 8.37. The van der Waals surface area contributed by atoms with Crippen molar-refractivity contribution in [3.05, 3.63) is 169 Å². The quantitative estimate of drug-likeness (QED) is 0.181. The lowest BCUT2D eigenvalue weighted by molar-refractivity contribution is 0.421. The van der Waals surface area contributed by atoms with Gasteiger partial charge in [0.1, 0.15) is 11.5 Å². The molecule has 0 spiro atoms. The van der Waals surface area contributed by atoms with Gasteiger partial charge in [0.05, 0.1) is 11.4 Å². The van der Waals surface area contributed by atoms with E-state index in [1.807, 2.05) is 35.1 Å². The van der Waals surface area contributed by atoms with E-state index in [1.54, 1.807) is 0 Å². The van der Waals surface area contributed by atoms with Crippen molar-refractivity contribution >= 4 is 63.0 Å². The number of fused-ring (bicyclic) bond motifs is 8. The summed E-state index contributed by atoms with van der Waals surface area (Å²) in [5, 5.41) is 5.12. The number of aromatic nitrogens is 2. The Kier molecular flexibility index (Phi) is 6.94. The minimum Gasteiger partial charge on any atom is -0.455 e. The molecular formula is C49H32N2OS2. The van der Waals surface area contributed by atoms with E-state index in [9.17, 15) is 0 Å². The van der Waals surface area contributed by atoms with Gasteiger partial charge in [-0.1, -0.05) is 123 Å². The van der Waals surface area contributed by atoms with Crippen LogP contribution in [-0.4, -0.2) is 9.97 Å². The van der Waals surface area contributed by atoms with Crippen LogP contribution in [0, 0.1) is 0 Å². The highest BCUT2D eigenvalue weighted by Crippen LogP contribution is 2.54. The van der Waals surface area contributed by atoms with Gasteiger partial charge in [-0.05, 0) is 47.5 Å². The smallest absolute Gasteiger partial charge is 0.139 e. The summed E-state index contributed by atoms with van der Waals surface area (Å²) in [7, 11) is 0. The maximum Gasteiger partial charge on any atom is 0.139 e. The molecule has 1 aliphatic rings. The first kappa shape index (κ1) is 31.4. The molecule has 0 N–H and O–H groups in total. The number of hydrogen-bond donors (Lipinski definition) is 0. The predicted octanol–water partition coefficient (Wildman–Crippen LogP) is 14.3. The maximum absolute atomic E-state index is 7.16. The molecule has 0 bridgehead atoms. The Balaban J connectivity index is 1.03. The van der Waals surface area contributed by atoms with E-state index in [0.717, 1.165) is 56.3 Å². The first-order valence-corrected chi connectivity index (χ1v) is 19.9. The van der Waals surface area contributed by atoms with Gasteiger partial charge in [0.2, 0.25) is 0 Å². The lowest BCUT2D eigenvalue weighted by Crippen LogP contribution is -2.25. The van der Waals surface area contributed by atoms with Gasteiger partial charge in [0.15, 0.2) is 0 Å². The largest absolute Gasteiger partial charge is 0.455 e. The average molecular weight is 729 g/mol. The Bertz CT molecular complexity index is 2920. The Morgan fingerprint density at radius 3 is 1.37 bits per heavy atom. The number of nitrogens with zero attached hydrogens (tertiary/aromatic N) is 2. The van der Waals surface area contributed by atoms with Gasteiger partial charge < -0.3 is 4.74 Å². The van der Waals surface area contributed by atoms with Crippen molar-refractivity contribution in [1.82, 2.24) is 9.97 Å². The number of rotatable bonds is 4. The van der Waals surface area contributed by atoms with Crippen LogP contribution in [0.3, 0.4) is 0 Å². The fourth-order valence-corrected chi connectivity index (χ4v) is 10.8. The minimum atomic E-state index is -0.300. The third-order valence-corrected chi connectivity index (χ3v) is 13.5. The molecule has 11 rings (SSSR count). The highest BCUT2D eigenvalue weighted by Gasteiger charge is 2.37. The van der Waals surface area contributed by atoms with Crippen molar-refractivity contribution in [3.63, 3.8) is 0 Å². The summed E-state index contributed by atoms with van der Waals surface area (Å²) >= 11 is 3.66. The summed E-state index contributed by atoms with van der Waals surface area (Å²) in [6.07, 6.45) is 3.86. The first-order valence-electron chi connectivity index (χ1n) is 18.2. The normalized spacial score (nSPS) is 13.3. The number of para-hydroxylation sites is 2. The number of thiophene rings is 2. The summed E-state index contributed by atoms with van der Waals surface area (Å²) in [6.45, 7) is 4.61. The highest BCUT2D eigenvalue weighted by molar-refractivity contribution is 7.26. The second-order valence-corrected chi connectivity index (χ2v) is 16.6. The van der Waals surface area contributed by atoms with Crippen molar-refractivity contribution in [1.29, 1.82) is 0 Å². The van der Waals surface area contributed by atoms with Gasteiger partial charge in [-0.2, -0.15) is 0 Å². The molecule has 5 heterocycles. The minimum absolute atomic E-state index is 0.300. The lowest BCUT2D eigenvalue weighted by Gasteiger charge is -2.36. The molecule has 256 valence electrons. The molecule has 3 nitrogen and oxygen atoms in total. The van der Waals surface area contributed by atoms with Crippen molar-refractivity contribution in [2.45, 2.75) is 19.3 Å². The van der Waals surface area contributed by atoms with E-state index in [0.29, 0.717) is 0 Å². The van der Waals surface area contributed by atoms with Crippen LogP contribution in [-0.2, 0) is 5.41 Å². The zero-order valence-electron chi connectivity index (χ0n) is 29.6. The summed E-state index contributed by atoms with van der Waals surface area (Å²) in [4.78, 5) is 9.82. The van der Waals surface area contributed by atoms with Crippen molar-refractivity contribution in [2.75, 3.05) is 0 Å². The molecule has 0 unspecified atom stereocenters. The maximum atomic E-state index is 7.16. The summed E-state index contributed by atoms with van der Waals surface area (Å²) < 4.78 is 12.3. The highest BCUT2D eigenvalue weighted by atomic mass is 32.1. The molecular weight excluding hydrogens is 697 g/mol. The second kappa shape index (κ2) is 11.9. The first-order chi connectivity index (χ1) is 26.5. The Labute approximate surface area is 320 Å². The van der Waals surface area contributed by atoms with Crippen LogP contribution >= 0.6 is 22.7 Å². The molecule has 0 saturated carbocycles. The Hall–Kier alpha value is -6.14. The molecule has 5 heteroatoms. The lowest BCUT2D eigenvalue weighted by atomic mass is 9.74. The molecule has 0 saturated heterocycles. The summed E-state index contributed by atoms with van der Waals surface area (Å²) in [5.74, 6) is 1.79. The topological polar surface area (TPSA) is 35.0 Å². The van der Waals surface area contributed by atoms with Crippen LogP contribution in [0.4, 0.5) is 0 Å². The van der Waals surface area contributed by atoms with Gasteiger partial charge in [-0.3, -0.25) is 9.97 Å². The second-order valence-electron chi connectivity index (χ2n) is 14.5. The monoisotopic (exact) mass is 728 g/mol. The predicted molar refractivity (Wildman–Crippen MR) is 228 cm³/mol. The SMILES string of the molecule is CC1(C)c2cccc(-c3ccnc(-c4cccc5c4sc4ccccc45)c3)c2Oc2c(-c3ccnc(-c4cccc5c4sc4ccccc45)c3)cccc21. The van der Waals surface area contributed by atoms with Crippen molar-refractivity contribution in [2.24, 2.45) is 0 Å². The van der Waals surface area contributed by atoms with E-state index in [4.69, 9.17) is 14.7 Å². The fraction of sp³-hybridized carbons (Fsp3) is 0.0612. The van der Waals surface area contributed by atoms with Crippen LogP contribution in [0.25, 0.3) is 85.1 Å². The van der Waals surface area contributed by atoms with Gasteiger partial charge >= 0.3 is 0 Å².